The molecule has 144 valence electrons. The first kappa shape index (κ1) is 20.6. The Bertz CT molecular complexity index is 968. The molecule has 2 aromatic carbocycles. The molecule has 0 saturated carbocycles. The molecule has 1 N–H and O–H groups in total. The number of nitrogens with zero attached hydrogens (tertiary/aromatic N) is 1. The smallest absolute Gasteiger partial charge is 0.338 e. The highest BCUT2D eigenvalue weighted by molar-refractivity contribution is 7.89. The van der Waals surface area contributed by atoms with Crippen molar-refractivity contribution in [3.63, 3.8) is 0 Å². The van der Waals surface area contributed by atoms with Crippen LogP contribution in [0.25, 0.3) is 0 Å². The van der Waals surface area contributed by atoms with E-state index in [4.69, 9.17) is 4.74 Å². The molecule has 0 bridgehead atoms. The molecule has 0 atom stereocenters. The highest BCUT2D eigenvalue weighted by atomic mass is 32.2. The molecule has 27 heavy (non-hydrogen) atoms. The summed E-state index contributed by atoms with van der Waals surface area (Å²) in [5.41, 5.74) is 2.17. The van der Waals surface area contributed by atoms with Gasteiger partial charge in [-0.1, -0.05) is 24.3 Å². The number of ether oxygens (including phenoxy) is 1. The third-order valence-corrected chi connectivity index (χ3v) is 5.77. The fourth-order valence-corrected chi connectivity index (χ4v) is 3.23. The first-order valence-corrected chi connectivity index (χ1v) is 9.62. The number of esters is 1. The maximum absolute atomic E-state index is 12.2. The van der Waals surface area contributed by atoms with Gasteiger partial charge in [-0.3, -0.25) is 4.79 Å². The first-order chi connectivity index (χ1) is 12.6. The molecule has 2 rings (SSSR count). The second kappa shape index (κ2) is 8.32. The van der Waals surface area contributed by atoms with Gasteiger partial charge in [0.1, 0.15) is 0 Å². The molecular formula is C19H22N2O5S. The van der Waals surface area contributed by atoms with Crippen molar-refractivity contribution in [2.24, 2.45) is 0 Å². The standard InChI is InChI=1S/C19H22N2O5S/c1-13-7-5-6-8-16(13)19(23)26-12-18(22)20-17-11-15(10-9-14(17)2)27(24,25)21(3)4/h5-11H,12H2,1-4H3,(H,20,22). The van der Waals surface area contributed by atoms with Crippen molar-refractivity contribution in [1.29, 1.82) is 0 Å². The van der Waals surface area contributed by atoms with Crippen LogP contribution in [0.4, 0.5) is 5.69 Å². The molecule has 1 amide bonds. The third-order valence-electron chi connectivity index (χ3n) is 3.96. The molecule has 0 saturated heterocycles. The van der Waals surface area contributed by atoms with Gasteiger partial charge in [0.15, 0.2) is 6.61 Å². The highest BCUT2D eigenvalue weighted by Crippen LogP contribution is 2.22. The van der Waals surface area contributed by atoms with Crippen LogP contribution in [-0.2, 0) is 19.6 Å². The molecule has 0 heterocycles. The van der Waals surface area contributed by atoms with E-state index in [1.807, 2.05) is 0 Å². The van der Waals surface area contributed by atoms with Gasteiger partial charge in [-0.2, -0.15) is 0 Å². The van der Waals surface area contributed by atoms with Gasteiger partial charge >= 0.3 is 5.97 Å². The Morgan fingerprint density at radius 3 is 2.33 bits per heavy atom. The topological polar surface area (TPSA) is 92.8 Å². The van der Waals surface area contributed by atoms with Crippen molar-refractivity contribution in [3.8, 4) is 0 Å². The van der Waals surface area contributed by atoms with E-state index in [0.29, 0.717) is 16.8 Å². The first-order valence-electron chi connectivity index (χ1n) is 8.18. The second-order valence-electron chi connectivity index (χ2n) is 6.20. The van der Waals surface area contributed by atoms with E-state index in [2.05, 4.69) is 5.32 Å². The van der Waals surface area contributed by atoms with Crippen molar-refractivity contribution in [3.05, 3.63) is 59.2 Å². The molecule has 2 aromatic rings. The van der Waals surface area contributed by atoms with E-state index in [1.165, 1.54) is 26.2 Å². The fraction of sp³-hybridized carbons (Fsp3) is 0.263. The predicted molar refractivity (Wildman–Crippen MR) is 102 cm³/mol. The van der Waals surface area contributed by atoms with Gasteiger partial charge in [-0.15, -0.1) is 0 Å². The number of sulfonamides is 1. The van der Waals surface area contributed by atoms with E-state index < -0.39 is 28.5 Å². The maximum Gasteiger partial charge on any atom is 0.338 e. The van der Waals surface area contributed by atoms with Crippen LogP contribution < -0.4 is 5.32 Å². The molecule has 0 aliphatic rings. The summed E-state index contributed by atoms with van der Waals surface area (Å²) in [4.78, 5) is 24.3. The Hall–Kier alpha value is -2.71. The summed E-state index contributed by atoms with van der Waals surface area (Å²) < 4.78 is 30.6. The maximum atomic E-state index is 12.2. The lowest BCUT2D eigenvalue weighted by molar-refractivity contribution is -0.119. The van der Waals surface area contributed by atoms with Crippen LogP contribution in [-0.4, -0.2) is 45.3 Å². The largest absolute Gasteiger partial charge is 0.452 e. The Balaban J connectivity index is 2.08. The van der Waals surface area contributed by atoms with E-state index in [0.717, 1.165) is 9.87 Å². The van der Waals surface area contributed by atoms with E-state index in [9.17, 15) is 18.0 Å². The third kappa shape index (κ3) is 4.93. The molecule has 0 fully saturated rings. The number of benzene rings is 2. The summed E-state index contributed by atoms with van der Waals surface area (Å²) >= 11 is 0. The summed E-state index contributed by atoms with van der Waals surface area (Å²) in [6.07, 6.45) is 0. The van der Waals surface area contributed by atoms with Gasteiger partial charge in [0, 0.05) is 19.8 Å². The molecule has 7 nitrogen and oxygen atoms in total. The lowest BCUT2D eigenvalue weighted by Gasteiger charge is -2.14. The number of anilines is 1. The molecule has 0 aliphatic carbocycles. The number of rotatable bonds is 6. The Labute approximate surface area is 159 Å². The summed E-state index contributed by atoms with van der Waals surface area (Å²) in [6.45, 7) is 3.04. The van der Waals surface area contributed by atoms with Crippen molar-refractivity contribution in [1.82, 2.24) is 4.31 Å². The van der Waals surface area contributed by atoms with E-state index in [-0.39, 0.29) is 4.90 Å². The zero-order valence-corrected chi connectivity index (χ0v) is 16.5. The van der Waals surface area contributed by atoms with Crippen LogP contribution in [0.1, 0.15) is 21.5 Å². The van der Waals surface area contributed by atoms with Crippen molar-refractivity contribution in [2.45, 2.75) is 18.7 Å². The summed E-state index contributed by atoms with van der Waals surface area (Å²) in [5, 5.41) is 2.58. The van der Waals surface area contributed by atoms with Crippen LogP contribution in [0, 0.1) is 13.8 Å². The van der Waals surface area contributed by atoms with Gasteiger partial charge in [-0.25, -0.2) is 17.5 Å². The lowest BCUT2D eigenvalue weighted by atomic mass is 10.1. The SMILES string of the molecule is Cc1ccc(S(=O)(=O)N(C)C)cc1NC(=O)COC(=O)c1ccccc1C. The minimum Gasteiger partial charge on any atom is -0.452 e. The summed E-state index contributed by atoms with van der Waals surface area (Å²) in [6, 6.07) is 11.4. The second-order valence-corrected chi connectivity index (χ2v) is 8.36. The monoisotopic (exact) mass is 390 g/mol. The Kier molecular flexibility index (Phi) is 6.35. The van der Waals surface area contributed by atoms with E-state index in [1.54, 1.807) is 44.2 Å². The van der Waals surface area contributed by atoms with Crippen molar-refractivity contribution < 1.29 is 22.7 Å². The average molecular weight is 390 g/mol. The number of amides is 1. The van der Waals surface area contributed by atoms with E-state index >= 15 is 0 Å². The minimum absolute atomic E-state index is 0.0605. The molecule has 0 radical (unpaired) electrons. The quantitative estimate of drug-likeness (QED) is 0.765. The number of nitrogens with one attached hydrogen (secondary N) is 1. The van der Waals surface area contributed by atoms with Crippen molar-refractivity contribution >= 4 is 27.6 Å². The van der Waals surface area contributed by atoms with Gasteiger partial charge in [0.05, 0.1) is 10.5 Å². The normalized spacial score (nSPS) is 11.3. The van der Waals surface area contributed by atoms with Gasteiger partial charge in [0.25, 0.3) is 5.91 Å². The number of hydrogen-bond acceptors (Lipinski definition) is 5. The number of aryl methyl sites for hydroxylation is 2. The Morgan fingerprint density at radius 1 is 1.04 bits per heavy atom. The van der Waals surface area contributed by atoms with Gasteiger partial charge in [0.2, 0.25) is 10.0 Å². The van der Waals surface area contributed by atoms with Gasteiger partial charge in [-0.05, 0) is 43.2 Å². The number of carbonyl (C=O) groups excluding carboxylic acids is 2. The lowest BCUT2D eigenvalue weighted by Crippen LogP contribution is -2.24. The highest BCUT2D eigenvalue weighted by Gasteiger charge is 2.19. The molecule has 0 aliphatic heterocycles. The molecule has 8 heteroatoms. The van der Waals surface area contributed by atoms with Crippen LogP contribution in [0.15, 0.2) is 47.4 Å². The molecule has 0 unspecified atom stereocenters. The zero-order chi connectivity index (χ0) is 20.2. The zero-order valence-electron chi connectivity index (χ0n) is 15.6. The average Bonchev–Trinajstić information content (AvgIpc) is 2.61. The van der Waals surface area contributed by atoms with Crippen molar-refractivity contribution in [2.75, 3.05) is 26.0 Å². The summed E-state index contributed by atoms with van der Waals surface area (Å²) in [7, 11) is -0.764. The number of hydrogen-bond donors (Lipinski definition) is 1. The van der Waals surface area contributed by atoms with Crippen LogP contribution in [0.5, 0.6) is 0 Å². The van der Waals surface area contributed by atoms with Gasteiger partial charge < -0.3 is 10.1 Å². The Morgan fingerprint density at radius 2 is 1.70 bits per heavy atom. The predicted octanol–water partition coefficient (Wildman–Crippen LogP) is 2.35. The number of carbonyl (C=O) groups is 2. The van der Waals surface area contributed by atoms with Crippen LogP contribution in [0.2, 0.25) is 0 Å². The minimum atomic E-state index is -3.62. The summed E-state index contributed by atoms with van der Waals surface area (Å²) in [5.74, 6) is -1.15. The van der Waals surface area contributed by atoms with Crippen LogP contribution >= 0.6 is 0 Å². The molecule has 0 aromatic heterocycles. The molecular weight excluding hydrogens is 368 g/mol. The molecule has 0 spiro atoms. The fourth-order valence-electron chi connectivity index (χ4n) is 2.30. The van der Waals surface area contributed by atoms with Crippen LogP contribution in [0.3, 0.4) is 0 Å².